The molecule has 3 N–H and O–H groups in total. The van der Waals surface area contributed by atoms with Crippen molar-refractivity contribution in [1.82, 2.24) is 0 Å². The molecule has 0 aliphatic heterocycles. The zero-order chi connectivity index (χ0) is 11.5. The molecule has 0 unspecified atom stereocenters. The smallest absolute Gasteiger partial charge is 0.291 e. The zero-order valence-electron chi connectivity index (χ0n) is 8.24. The molecule has 0 saturated carbocycles. The van der Waals surface area contributed by atoms with Crippen molar-refractivity contribution in [2.75, 3.05) is 11.1 Å². The highest BCUT2D eigenvalue weighted by Gasteiger charge is 2.10. The number of carbonyl (C=O) groups is 1. The first-order valence-electron chi connectivity index (χ1n) is 4.56. The second-order valence-corrected chi connectivity index (χ2v) is 3.58. The Kier molecular flexibility index (Phi) is 2.83. The van der Waals surface area contributed by atoms with Gasteiger partial charge in [0.15, 0.2) is 5.76 Å². The number of anilines is 2. The van der Waals surface area contributed by atoms with Gasteiger partial charge in [-0.25, -0.2) is 0 Å². The highest BCUT2D eigenvalue weighted by atomic mass is 35.5. The van der Waals surface area contributed by atoms with E-state index in [2.05, 4.69) is 5.32 Å². The fourth-order valence-electron chi connectivity index (χ4n) is 1.23. The Morgan fingerprint density at radius 1 is 1.38 bits per heavy atom. The highest BCUT2D eigenvalue weighted by Crippen LogP contribution is 2.24. The number of hydrogen-bond acceptors (Lipinski definition) is 3. The van der Waals surface area contributed by atoms with Crippen LogP contribution in [0, 0.1) is 0 Å². The number of halogens is 1. The van der Waals surface area contributed by atoms with Crippen LogP contribution in [-0.2, 0) is 0 Å². The third kappa shape index (κ3) is 2.17. The van der Waals surface area contributed by atoms with Crippen molar-refractivity contribution in [2.45, 2.75) is 0 Å². The minimum absolute atomic E-state index is 0.221. The Hall–Kier alpha value is -1.94. The predicted octanol–water partition coefficient (Wildman–Crippen LogP) is 2.77. The SMILES string of the molecule is Nc1ccc(Cl)c(NC(=O)c2ccco2)c1. The first-order chi connectivity index (χ1) is 7.66. The van der Waals surface area contributed by atoms with E-state index in [0.29, 0.717) is 16.4 Å². The van der Waals surface area contributed by atoms with Crippen molar-refractivity contribution < 1.29 is 9.21 Å². The summed E-state index contributed by atoms with van der Waals surface area (Å²) in [6.07, 6.45) is 1.43. The van der Waals surface area contributed by atoms with E-state index in [9.17, 15) is 4.79 Å². The van der Waals surface area contributed by atoms with E-state index < -0.39 is 0 Å². The lowest BCUT2D eigenvalue weighted by molar-refractivity contribution is 0.0996. The Balaban J connectivity index is 2.21. The molecule has 1 amide bonds. The summed E-state index contributed by atoms with van der Waals surface area (Å²) in [5.74, 6) is -0.143. The Morgan fingerprint density at radius 3 is 2.88 bits per heavy atom. The first kappa shape index (κ1) is 10.6. The molecule has 0 saturated heterocycles. The molecule has 0 aliphatic carbocycles. The largest absolute Gasteiger partial charge is 0.459 e. The molecule has 5 heteroatoms. The van der Waals surface area contributed by atoms with Crippen LogP contribution in [0.2, 0.25) is 5.02 Å². The summed E-state index contributed by atoms with van der Waals surface area (Å²) < 4.78 is 4.95. The molecule has 0 spiro atoms. The standard InChI is InChI=1S/C11H9ClN2O2/c12-8-4-3-7(13)6-9(8)14-11(15)10-2-1-5-16-10/h1-6H,13H2,(H,14,15). The van der Waals surface area contributed by atoms with Gasteiger partial charge in [0.2, 0.25) is 0 Å². The third-order valence-electron chi connectivity index (χ3n) is 1.98. The fourth-order valence-corrected chi connectivity index (χ4v) is 1.40. The van der Waals surface area contributed by atoms with Crippen LogP contribution < -0.4 is 11.1 Å². The summed E-state index contributed by atoms with van der Waals surface area (Å²) >= 11 is 5.90. The van der Waals surface area contributed by atoms with Crippen molar-refractivity contribution in [3.05, 3.63) is 47.4 Å². The van der Waals surface area contributed by atoms with E-state index in [1.807, 2.05) is 0 Å². The topological polar surface area (TPSA) is 68.3 Å². The molecule has 0 fully saturated rings. The molecule has 82 valence electrons. The Morgan fingerprint density at radius 2 is 2.19 bits per heavy atom. The molecule has 0 radical (unpaired) electrons. The molecular weight excluding hydrogens is 228 g/mol. The van der Waals surface area contributed by atoms with E-state index in [1.165, 1.54) is 6.26 Å². The summed E-state index contributed by atoms with van der Waals surface area (Å²) in [5.41, 5.74) is 6.58. The van der Waals surface area contributed by atoms with Gasteiger partial charge in [0, 0.05) is 5.69 Å². The number of furan rings is 1. The maximum Gasteiger partial charge on any atom is 0.291 e. The second kappa shape index (κ2) is 4.28. The van der Waals surface area contributed by atoms with E-state index in [4.69, 9.17) is 21.8 Å². The van der Waals surface area contributed by atoms with E-state index in [1.54, 1.807) is 30.3 Å². The van der Waals surface area contributed by atoms with Gasteiger partial charge in [0.25, 0.3) is 5.91 Å². The number of nitrogen functional groups attached to an aromatic ring is 1. The average Bonchev–Trinajstić information content (AvgIpc) is 2.76. The van der Waals surface area contributed by atoms with Gasteiger partial charge in [0.05, 0.1) is 17.0 Å². The van der Waals surface area contributed by atoms with Crippen LogP contribution >= 0.6 is 11.6 Å². The minimum atomic E-state index is -0.363. The van der Waals surface area contributed by atoms with Crippen LogP contribution in [-0.4, -0.2) is 5.91 Å². The first-order valence-corrected chi connectivity index (χ1v) is 4.94. The van der Waals surface area contributed by atoms with Gasteiger partial charge in [0.1, 0.15) is 0 Å². The molecule has 0 aliphatic rings. The summed E-state index contributed by atoms with van der Waals surface area (Å²) in [4.78, 5) is 11.6. The van der Waals surface area contributed by atoms with Crippen molar-refractivity contribution >= 4 is 28.9 Å². The maximum atomic E-state index is 11.6. The summed E-state index contributed by atoms with van der Waals surface area (Å²) in [6.45, 7) is 0. The minimum Gasteiger partial charge on any atom is -0.459 e. The van der Waals surface area contributed by atoms with Crippen LogP contribution in [0.1, 0.15) is 10.6 Å². The van der Waals surface area contributed by atoms with Crippen LogP contribution in [0.15, 0.2) is 41.0 Å². The van der Waals surface area contributed by atoms with Gasteiger partial charge in [-0.2, -0.15) is 0 Å². The maximum absolute atomic E-state index is 11.6. The van der Waals surface area contributed by atoms with Crippen LogP contribution in [0.5, 0.6) is 0 Å². The lowest BCUT2D eigenvalue weighted by Crippen LogP contribution is -2.11. The zero-order valence-corrected chi connectivity index (χ0v) is 8.99. The number of hydrogen-bond donors (Lipinski definition) is 2. The molecule has 2 aromatic rings. The normalized spacial score (nSPS) is 10.1. The second-order valence-electron chi connectivity index (χ2n) is 3.17. The molecule has 1 heterocycles. The van der Waals surface area contributed by atoms with Gasteiger partial charge in [-0.3, -0.25) is 4.79 Å². The molecular formula is C11H9ClN2O2. The Bertz CT molecular complexity index is 509. The average molecular weight is 237 g/mol. The van der Waals surface area contributed by atoms with Gasteiger partial charge in [-0.15, -0.1) is 0 Å². The van der Waals surface area contributed by atoms with Crippen molar-refractivity contribution in [3.8, 4) is 0 Å². The van der Waals surface area contributed by atoms with E-state index in [-0.39, 0.29) is 11.7 Å². The molecule has 2 rings (SSSR count). The monoisotopic (exact) mass is 236 g/mol. The van der Waals surface area contributed by atoms with Crippen molar-refractivity contribution in [3.63, 3.8) is 0 Å². The van der Waals surface area contributed by atoms with Crippen molar-refractivity contribution in [1.29, 1.82) is 0 Å². The quantitative estimate of drug-likeness (QED) is 0.788. The Labute approximate surface area is 97.0 Å². The van der Waals surface area contributed by atoms with Crippen molar-refractivity contribution in [2.24, 2.45) is 0 Å². The van der Waals surface area contributed by atoms with Gasteiger partial charge in [-0.1, -0.05) is 11.6 Å². The molecule has 0 atom stereocenters. The number of carbonyl (C=O) groups excluding carboxylic acids is 1. The fraction of sp³-hybridized carbons (Fsp3) is 0. The van der Waals surface area contributed by atoms with Crippen LogP contribution in [0.3, 0.4) is 0 Å². The molecule has 16 heavy (non-hydrogen) atoms. The lowest BCUT2D eigenvalue weighted by Gasteiger charge is -2.06. The molecule has 1 aromatic heterocycles. The molecule has 4 nitrogen and oxygen atoms in total. The number of rotatable bonds is 2. The lowest BCUT2D eigenvalue weighted by atomic mass is 10.2. The number of amides is 1. The van der Waals surface area contributed by atoms with Gasteiger partial charge >= 0.3 is 0 Å². The number of nitrogens with one attached hydrogen (secondary N) is 1. The number of benzene rings is 1. The van der Waals surface area contributed by atoms with Crippen LogP contribution in [0.25, 0.3) is 0 Å². The number of nitrogens with two attached hydrogens (primary N) is 1. The molecule has 0 bridgehead atoms. The van der Waals surface area contributed by atoms with Gasteiger partial charge in [-0.05, 0) is 30.3 Å². The summed E-state index contributed by atoms with van der Waals surface area (Å²) in [5, 5.41) is 3.03. The third-order valence-corrected chi connectivity index (χ3v) is 2.31. The van der Waals surface area contributed by atoms with Crippen LogP contribution in [0.4, 0.5) is 11.4 Å². The molecule has 1 aromatic carbocycles. The summed E-state index contributed by atoms with van der Waals surface area (Å²) in [7, 11) is 0. The van der Waals surface area contributed by atoms with E-state index >= 15 is 0 Å². The van der Waals surface area contributed by atoms with E-state index in [0.717, 1.165) is 0 Å². The highest BCUT2D eigenvalue weighted by molar-refractivity contribution is 6.34. The predicted molar refractivity (Wildman–Crippen MR) is 62.5 cm³/mol. The van der Waals surface area contributed by atoms with Gasteiger partial charge < -0.3 is 15.5 Å². The summed E-state index contributed by atoms with van der Waals surface area (Å²) in [6, 6.07) is 8.06.